The van der Waals surface area contributed by atoms with Gasteiger partial charge in [-0.25, -0.2) is 4.98 Å². The topological polar surface area (TPSA) is 44.1 Å². The van der Waals surface area contributed by atoms with E-state index in [0.717, 1.165) is 37.1 Å². The molecule has 0 bridgehead atoms. The van der Waals surface area contributed by atoms with Crippen LogP contribution in [0.1, 0.15) is 38.9 Å². The maximum absolute atomic E-state index is 11.4. The van der Waals surface area contributed by atoms with Crippen LogP contribution in [0.15, 0.2) is 24.3 Å². The molecule has 0 fully saturated rings. The average molecular weight is 274 g/mol. The van der Waals surface area contributed by atoms with Crippen LogP contribution < -0.4 is 0 Å². The fourth-order valence-corrected chi connectivity index (χ4v) is 2.41. The van der Waals surface area contributed by atoms with Crippen molar-refractivity contribution in [1.29, 1.82) is 0 Å². The largest absolute Gasteiger partial charge is 0.466 e. The molecule has 1 aromatic carbocycles. The highest BCUT2D eigenvalue weighted by Gasteiger charge is 2.10. The molecule has 0 saturated heterocycles. The van der Waals surface area contributed by atoms with Gasteiger partial charge < -0.3 is 9.30 Å². The Hall–Kier alpha value is -1.84. The van der Waals surface area contributed by atoms with Gasteiger partial charge in [-0.2, -0.15) is 0 Å². The van der Waals surface area contributed by atoms with Crippen molar-refractivity contribution in [2.24, 2.45) is 0 Å². The van der Waals surface area contributed by atoms with Crippen LogP contribution in [0.3, 0.4) is 0 Å². The van der Waals surface area contributed by atoms with Crippen LogP contribution in [-0.4, -0.2) is 22.1 Å². The molecule has 0 unspecified atom stereocenters. The number of nitrogens with zero attached hydrogens (tertiary/aromatic N) is 2. The highest BCUT2D eigenvalue weighted by Crippen LogP contribution is 2.18. The van der Waals surface area contributed by atoms with Crippen molar-refractivity contribution in [2.45, 2.75) is 46.1 Å². The van der Waals surface area contributed by atoms with Gasteiger partial charge in [0.1, 0.15) is 5.82 Å². The van der Waals surface area contributed by atoms with Crippen molar-refractivity contribution in [3.05, 3.63) is 30.1 Å². The fraction of sp³-hybridized carbons (Fsp3) is 0.500. The van der Waals surface area contributed by atoms with Gasteiger partial charge >= 0.3 is 5.97 Å². The molecule has 0 aliphatic heterocycles. The molecule has 0 saturated carbocycles. The molecule has 2 aromatic rings. The smallest absolute Gasteiger partial charge is 0.305 e. The van der Waals surface area contributed by atoms with Gasteiger partial charge in [0, 0.05) is 19.4 Å². The summed E-state index contributed by atoms with van der Waals surface area (Å²) >= 11 is 0. The molecule has 108 valence electrons. The van der Waals surface area contributed by atoms with Crippen LogP contribution in [-0.2, 0) is 22.5 Å². The maximum Gasteiger partial charge on any atom is 0.305 e. The van der Waals surface area contributed by atoms with E-state index in [1.54, 1.807) is 0 Å². The minimum Gasteiger partial charge on any atom is -0.466 e. The zero-order chi connectivity index (χ0) is 14.4. The number of aryl methyl sites for hydroxylation is 2. The summed E-state index contributed by atoms with van der Waals surface area (Å²) in [6.45, 7) is 5.41. The van der Waals surface area contributed by atoms with E-state index in [-0.39, 0.29) is 5.97 Å². The van der Waals surface area contributed by atoms with Gasteiger partial charge in [0.15, 0.2) is 0 Å². The number of rotatable bonds is 7. The second-order valence-electron chi connectivity index (χ2n) is 4.83. The number of esters is 1. The third-order valence-corrected chi connectivity index (χ3v) is 3.27. The van der Waals surface area contributed by atoms with Gasteiger partial charge in [0.05, 0.1) is 17.6 Å². The summed E-state index contributed by atoms with van der Waals surface area (Å²) in [5, 5.41) is 0. The molecule has 0 amide bonds. The molecule has 4 heteroatoms. The van der Waals surface area contributed by atoms with E-state index >= 15 is 0 Å². The number of benzene rings is 1. The minimum atomic E-state index is -0.120. The number of fused-ring (bicyclic) bond motifs is 1. The molecule has 0 atom stereocenters. The van der Waals surface area contributed by atoms with Crippen molar-refractivity contribution in [1.82, 2.24) is 9.55 Å². The maximum atomic E-state index is 11.4. The Morgan fingerprint density at radius 2 is 2.10 bits per heavy atom. The summed E-state index contributed by atoms with van der Waals surface area (Å²) in [6, 6.07) is 8.19. The van der Waals surface area contributed by atoms with Gasteiger partial charge in [-0.15, -0.1) is 0 Å². The van der Waals surface area contributed by atoms with Crippen LogP contribution in [0.25, 0.3) is 11.0 Å². The monoisotopic (exact) mass is 274 g/mol. The lowest BCUT2D eigenvalue weighted by atomic mass is 10.2. The van der Waals surface area contributed by atoms with E-state index in [0.29, 0.717) is 13.0 Å². The van der Waals surface area contributed by atoms with Crippen molar-refractivity contribution in [3.63, 3.8) is 0 Å². The van der Waals surface area contributed by atoms with Crippen molar-refractivity contribution >= 4 is 17.0 Å². The molecule has 0 aliphatic rings. The van der Waals surface area contributed by atoms with Crippen molar-refractivity contribution < 1.29 is 9.53 Å². The van der Waals surface area contributed by atoms with Crippen molar-refractivity contribution in [3.8, 4) is 0 Å². The van der Waals surface area contributed by atoms with Crippen LogP contribution in [0.4, 0.5) is 0 Å². The second kappa shape index (κ2) is 7.08. The molecule has 0 radical (unpaired) electrons. The van der Waals surface area contributed by atoms with Crippen molar-refractivity contribution in [2.75, 3.05) is 6.61 Å². The molecule has 2 rings (SSSR count). The summed E-state index contributed by atoms with van der Waals surface area (Å²) in [4.78, 5) is 16.1. The Labute approximate surface area is 119 Å². The zero-order valence-corrected chi connectivity index (χ0v) is 12.3. The summed E-state index contributed by atoms with van der Waals surface area (Å²) < 4.78 is 7.21. The van der Waals surface area contributed by atoms with E-state index in [1.165, 1.54) is 5.52 Å². The van der Waals surface area contributed by atoms with Gasteiger partial charge in [-0.3, -0.25) is 4.79 Å². The van der Waals surface area contributed by atoms with Crippen LogP contribution in [0.2, 0.25) is 0 Å². The lowest BCUT2D eigenvalue weighted by Crippen LogP contribution is -2.07. The van der Waals surface area contributed by atoms with Gasteiger partial charge in [0.2, 0.25) is 0 Å². The number of hydrogen-bond donors (Lipinski definition) is 0. The number of ether oxygens (including phenoxy) is 1. The Kier molecular flexibility index (Phi) is 5.16. The molecular weight excluding hydrogens is 252 g/mol. The molecule has 20 heavy (non-hydrogen) atoms. The van der Waals surface area contributed by atoms with Gasteiger partial charge in [0.25, 0.3) is 0 Å². The molecule has 0 aliphatic carbocycles. The standard InChI is InChI=1S/C16H22N2O2/c1-3-12-18-14-9-6-5-8-13(14)17-15(18)10-7-11-16(19)20-4-2/h5-6,8-9H,3-4,7,10-12H2,1-2H3. The predicted octanol–water partition coefficient (Wildman–Crippen LogP) is 3.33. The normalized spacial score (nSPS) is 10.9. The first-order valence-corrected chi connectivity index (χ1v) is 7.36. The van der Waals surface area contributed by atoms with Crippen LogP contribution in [0.5, 0.6) is 0 Å². The Bertz CT molecular complexity index is 575. The van der Waals surface area contributed by atoms with Crippen LogP contribution in [0, 0.1) is 0 Å². The molecular formula is C16H22N2O2. The Morgan fingerprint density at radius 1 is 1.30 bits per heavy atom. The Balaban J connectivity index is 2.08. The lowest BCUT2D eigenvalue weighted by Gasteiger charge is -2.07. The number of para-hydroxylation sites is 2. The Morgan fingerprint density at radius 3 is 2.85 bits per heavy atom. The van der Waals surface area contributed by atoms with E-state index in [9.17, 15) is 4.79 Å². The molecule has 0 N–H and O–H groups in total. The lowest BCUT2D eigenvalue weighted by molar-refractivity contribution is -0.143. The minimum absolute atomic E-state index is 0.120. The summed E-state index contributed by atoms with van der Waals surface area (Å²) in [5.41, 5.74) is 2.22. The zero-order valence-electron chi connectivity index (χ0n) is 12.3. The van der Waals surface area contributed by atoms with E-state index in [4.69, 9.17) is 4.74 Å². The predicted molar refractivity (Wildman–Crippen MR) is 79.6 cm³/mol. The number of imidazole rings is 1. The van der Waals surface area contributed by atoms with E-state index in [1.807, 2.05) is 25.1 Å². The SMILES string of the molecule is CCCn1c(CCCC(=O)OCC)nc2ccccc21. The highest BCUT2D eigenvalue weighted by molar-refractivity contribution is 5.76. The number of carbonyl (C=O) groups excluding carboxylic acids is 1. The first-order chi connectivity index (χ1) is 9.76. The molecule has 1 aromatic heterocycles. The summed E-state index contributed by atoms with van der Waals surface area (Å²) in [7, 11) is 0. The highest BCUT2D eigenvalue weighted by atomic mass is 16.5. The summed E-state index contributed by atoms with van der Waals surface area (Å²) in [6.07, 6.45) is 3.13. The number of carbonyl (C=O) groups is 1. The second-order valence-corrected chi connectivity index (χ2v) is 4.83. The molecule has 0 spiro atoms. The number of aromatic nitrogens is 2. The average Bonchev–Trinajstić information content (AvgIpc) is 2.78. The molecule has 1 heterocycles. The van der Waals surface area contributed by atoms with E-state index in [2.05, 4.69) is 22.5 Å². The third kappa shape index (κ3) is 3.38. The van der Waals surface area contributed by atoms with Gasteiger partial charge in [-0.05, 0) is 31.9 Å². The van der Waals surface area contributed by atoms with E-state index < -0.39 is 0 Å². The molecule has 4 nitrogen and oxygen atoms in total. The van der Waals surface area contributed by atoms with Gasteiger partial charge in [-0.1, -0.05) is 19.1 Å². The van der Waals surface area contributed by atoms with Crippen LogP contribution >= 0.6 is 0 Å². The number of hydrogen-bond acceptors (Lipinski definition) is 3. The fourth-order valence-electron chi connectivity index (χ4n) is 2.41. The third-order valence-electron chi connectivity index (χ3n) is 3.27. The quantitative estimate of drug-likeness (QED) is 0.727. The first kappa shape index (κ1) is 14.6. The summed E-state index contributed by atoms with van der Waals surface area (Å²) in [5.74, 6) is 0.947. The first-order valence-electron chi connectivity index (χ1n) is 7.36.